The van der Waals surface area contributed by atoms with Crippen LogP contribution in [0.3, 0.4) is 0 Å². The maximum absolute atomic E-state index is 13.0. The summed E-state index contributed by atoms with van der Waals surface area (Å²) in [6, 6.07) is 15.5. The van der Waals surface area contributed by atoms with E-state index in [9.17, 15) is 14.0 Å². The zero-order chi connectivity index (χ0) is 18.1. The number of carbonyl (C=O) groups is 1. The van der Waals surface area contributed by atoms with Crippen LogP contribution in [0.2, 0.25) is 0 Å². The number of rotatable bonds is 3. The van der Waals surface area contributed by atoms with Gasteiger partial charge in [0.25, 0.3) is 11.5 Å². The number of nitrogens with zero attached hydrogens (tertiary/aromatic N) is 3. The number of carbonyl (C=O) groups excluding carboxylic acids is 1. The maximum Gasteiger partial charge on any atom is 0.256 e. The average molecular weight is 349 g/mol. The number of halogens is 1. The summed E-state index contributed by atoms with van der Waals surface area (Å²) in [6.45, 7) is 0. The van der Waals surface area contributed by atoms with Crippen LogP contribution in [0.15, 0.2) is 65.5 Å². The van der Waals surface area contributed by atoms with E-state index in [4.69, 9.17) is 0 Å². The van der Waals surface area contributed by atoms with Crippen LogP contribution in [-0.4, -0.2) is 25.5 Å². The smallest absolute Gasteiger partial charge is 0.256 e. The Hall–Kier alpha value is -3.81. The van der Waals surface area contributed by atoms with Gasteiger partial charge in [-0.3, -0.25) is 14.6 Å². The summed E-state index contributed by atoms with van der Waals surface area (Å²) >= 11 is 0. The summed E-state index contributed by atoms with van der Waals surface area (Å²) in [5, 5.41) is 6.95. The van der Waals surface area contributed by atoms with Crippen LogP contribution in [0.4, 0.5) is 10.2 Å². The van der Waals surface area contributed by atoms with Crippen LogP contribution in [0.5, 0.6) is 0 Å². The van der Waals surface area contributed by atoms with Crippen molar-refractivity contribution < 1.29 is 9.18 Å². The van der Waals surface area contributed by atoms with Gasteiger partial charge >= 0.3 is 0 Å². The number of fused-ring (bicyclic) bond motifs is 1. The first-order valence-electron chi connectivity index (χ1n) is 7.72. The summed E-state index contributed by atoms with van der Waals surface area (Å²) < 4.78 is 14.3. The summed E-state index contributed by atoms with van der Waals surface area (Å²) in [5.41, 5.74) is 0.593. The number of hydrogen-bond acceptors (Lipinski definition) is 4. The molecule has 0 radical (unpaired) electrons. The highest BCUT2D eigenvalue weighted by molar-refractivity contribution is 6.03. The SMILES string of the molecule is O=C(Nc1cc(=O)[nH]c2nc(-c3ccccc3)nn12)c1ccc(F)cc1. The molecule has 4 aromatic rings. The molecule has 2 N–H and O–H groups in total. The van der Waals surface area contributed by atoms with E-state index in [1.54, 1.807) is 0 Å². The van der Waals surface area contributed by atoms with Crippen LogP contribution in [0, 0.1) is 5.82 Å². The molecule has 0 aliphatic carbocycles. The minimum absolute atomic E-state index is 0.160. The number of nitrogens with one attached hydrogen (secondary N) is 2. The summed E-state index contributed by atoms with van der Waals surface area (Å²) in [7, 11) is 0. The number of hydrogen-bond donors (Lipinski definition) is 2. The minimum atomic E-state index is -0.492. The molecule has 26 heavy (non-hydrogen) atoms. The van der Waals surface area contributed by atoms with Gasteiger partial charge in [-0.1, -0.05) is 30.3 Å². The highest BCUT2D eigenvalue weighted by Gasteiger charge is 2.14. The molecule has 0 unspecified atom stereocenters. The first kappa shape index (κ1) is 15.7. The van der Waals surface area contributed by atoms with Crippen molar-refractivity contribution in [2.75, 3.05) is 5.32 Å². The Labute approximate surface area is 146 Å². The largest absolute Gasteiger partial charge is 0.306 e. The van der Waals surface area contributed by atoms with Crippen LogP contribution < -0.4 is 10.9 Å². The van der Waals surface area contributed by atoms with E-state index >= 15 is 0 Å². The molecule has 0 bridgehead atoms. The molecule has 0 aliphatic rings. The Morgan fingerprint density at radius 1 is 1.08 bits per heavy atom. The van der Waals surface area contributed by atoms with Crippen molar-refractivity contribution in [1.82, 2.24) is 19.6 Å². The lowest BCUT2D eigenvalue weighted by molar-refractivity contribution is 0.102. The number of H-pyrrole nitrogens is 1. The van der Waals surface area contributed by atoms with Crippen molar-refractivity contribution >= 4 is 17.5 Å². The van der Waals surface area contributed by atoms with E-state index < -0.39 is 17.3 Å². The third-order valence-electron chi connectivity index (χ3n) is 3.72. The molecule has 7 nitrogen and oxygen atoms in total. The molecule has 0 saturated carbocycles. The van der Waals surface area contributed by atoms with Crippen molar-refractivity contribution in [3.05, 3.63) is 82.4 Å². The van der Waals surface area contributed by atoms with Gasteiger partial charge in [-0.15, -0.1) is 5.10 Å². The predicted molar refractivity (Wildman–Crippen MR) is 93.4 cm³/mol. The second kappa shape index (κ2) is 6.25. The molecule has 2 aromatic carbocycles. The molecule has 0 atom stereocenters. The number of amides is 1. The van der Waals surface area contributed by atoms with E-state index in [2.05, 4.69) is 20.4 Å². The molecular weight excluding hydrogens is 337 g/mol. The van der Waals surface area contributed by atoms with Crippen molar-refractivity contribution in [2.24, 2.45) is 0 Å². The summed E-state index contributed by atoms with van der Waals surface area (Å²) in [4.78, 5) is 31.1. The topological polar surface area (TPSA) is 92.1 Å². The first-order chi connectivity index (χ1) is 12.6. The maximum atomic E-state index is 13.0. The molecule has 2 heterocycles. The Morgan fingerprint density at radius 3 is 2.54 bits per heavy atom. The van der Waals surface area contributed by atoms with E-state index in [1.807, 2.05) is 30.3 Å². The zero-order valence-corrected chi connectivity index (χ0v) is 13.3. The fraction of sp³-hybridized carbons (Fsp3) is 0. The Kier molecular flexibility index (Phi) is 3.77. The zero-order valence-electron chi connectivity index (χ0n) is 13.3. The van der Waals surface area contributed by atoms with E-state index in [1.165, 1.54) is 34.8 Å². The second-order valence-corrected chi connectivity index (χ2v) is 5.52. The van der Waals surface area contributed by atoms with Crippen LogP contribution in [0.1, 0.15) is 10.4 Å². The van der Waals surface area contributed by atoms with Gasteiger partial charge in [-0.05, 0) is 24.3 Å². The van der Waals surface area contributed by atoms with Gasteiger partial charge < -0.3 is 5.32 Å². The van der Waals surface area contributed by atoms with Gasteiger partial charge in [0, 0.05) is 17.2 Å². The third-order valence-corrected chi connectivity index (χ3v) is 3.72. The Morgan fingerprint density at radius 2 is 1.81 bits per heavy atom. The molecule has 2 aromatic heterocycles. The second-order valence-electron chi connectivity index (χ2n) is 5.52. The molecule has 8 heteroatoms. The van der Waals surface area contributed by atoms with Crippen LogP contribution in [0.25, 0.3) is 17.2 Å². The van der Waals surface area contributed by atoms with Crippen LogP contribution >= 0.6 is 0 Å². The summed E-state index contributed by atoms with van der Waals surface area (Å²) in [6.07, 6.45) is 0. The average Bonchev–Trinajstić information content (AvgIpc) is 3.07. The summed E-state index contributed by atoms with van der Waals surface area (Å²) in [5.74, 6) is -0.166. The van der Waals surface area contributed by atoms with E-state index in [0.29, 0.717) is 5.82 Å². The third kappa shape index (κ3) is 2.95. The van der Waals surface area contributed by atoms with E-state index in [-0.39, 0.29) is 17.2 Å². The standard InChI is InChI=1S/C18H12FN5O2/c19-13-8-6-12(7-9-13)17(26)20-14-10-15(25)21-18-22-16(23-24(14)18)11-4-2-1-3-5-11/h1-10H,(H,20,26)(H,21,22,23,25). The molecular formula is C18H12FN5O2. The van der Waals surface area contributed by atoms with Gasteiger partial charge in [0.1, 0.15) is 11.6 Å². The minimum Gasteiger partial charge on any atom is -0.306 e. The van der Waals surface area contributed by atoms with Crippen molar-refractivity contribution in [2.45, 2.75) is 0 Å². The van der Waals surface area contributed by atoms with E-state index in [0.717, 1.165) is 5.56 Å². The van der Waals surface area contributed by atoms with Crippen molar-refractivity contribution in [3.8, 4) is 11.4 Å². The van der Waals surface area contributed by atoms with Crippen molar-refractivity contribution in [3.63, 3.8) is 0 Å². The normalized spacial score (nSPS) is 10.8. The van der Waals surface area contributed by atoms with Gasteiger partial charge in [-0.2, -0.15) is 9.50 Å². The van der Waals surface area contributed by atoms with Crippen molar-refractivity contribution in [1.29, 1.82) is 0 Å². The van der Waals surface area contributed by atoms with Gasteiger partial charge in [-0.25, -0.2) is 4.39 Å². The highest BCUT2D eigenvalue weighted by Crippen LogP contribution is 2.17. The van der Waals surface area contributed by atoms with Gasteiger partial charge in [0.2, 0.25) is 5.78 Å². The fourth-order valence-corrected chi connectivity index (χ4v) is 2.48. The fourth-order valence-electron chi connectivity index (χ4n) is 2.48. The Bertz CT molecular complexity index is 1150. The molecule has 0 saturated heterocycles. The molecule has 1 amide bonds. The molecule has 0 aliphatic heterocycles. The van der Waals surface area contributed by atoms with Crippen LogP contribution in [-0.2, 0) is 0 Å². The first-order valence-corrected chi connectivity index (χ1v) is 7.72. The quantitative estimate of drug-likeness (QED) is 0.594. The predicted octanol–water partition coefficient (Wildman–Crippen LogP) is 2.48. The number of benzene rings is 2. The molecule has 4 rings (SSSR count). The number of aromatic amines is 1. The van der Waals surface area contributed by atoms with Gasteiger partial charge in [0.05, 0.1) is 0 Å². The lowest BCUT2D eigenvalue weighted by Gasteiger charge is -2.06. The lowest BCUT2D eigenvalue weighted by atomic mass is 10.2. The molecule has 0 spiro atoms. The lowest BCUT2D eigenvalue weighted by Crippen LogP contribution is -2.18. The Balaban J connectivity index is 1.74. The number of aromatic nitrogens is 4. The molecule has 0 fully saturated rings. The monoisotopic (exact) mass is 349 g/mol. The highest BCUT2D eigenvalue weighted by atomic mass is 19.1. The number of anilines is 1. The molecule has 128 valence electrons. The van der Waals surface area contributed by atoms with Gasteiger partial charge in [0.15, 0.2) is 5.82 Å².